The number of aliphatic carboxylic acids is 1. The average Bonchev–Trinajstić information content (AvgIpc) is 2.80. The lowest BCUT2D eigenvalue weighted by Gasteiger charge is -2.09. The molecule has 13 heavy (non-hydrogen) atoms. The molecule has 1 aromatic carbocycles. The number of benzene rings is 1. The van der Waals surface area contributed by atoms with Crippen LogP contribution in [0, 0.1) is 0 Å². The first-order chi connectivity index (χ1) is 6.18. The van der Waals surface area contributed by atoms with Gasteiger partial charge in [-0.3, -0.25) is 4.79 Å². The Bertz CT molecular complexity index is 336. The van der Waals surface area contributed by atoms with E-state index in [9.17, 15) is 4.79 Å². The lowest BCUT2D eigenvalue weighted by Crippen LogP contribution is -2.22. The highest BCUT2D eigenvalue weighted by Gasteiger charge is 2.60. The zero-order valence-electron chi connectivity index (χ0n) is 6.90. The molecule has 0 bridgehead atoms. The average molecular weight is 241 g/mol. The quantitative estimate of drug-likeness (QED) is 0.805. The van der Waals surface area contributed by atoms with Crippen molar-refractivity contribution in [2.75, 3.05) is 0 Å². The first-order valence-corrected chi connectivity index (χ1v) is 5.02. The van der Waals surface area contributed by atoms with Crippen LogP contribution in [0.3, 0.4) is 0 Å². The molecule has 0 radical (unpaired) electrons. The molecule has 68 valence electrons. The van der Waals surface area contributed by atoms with E-state index in [2.05, 4.69) is 15.9 Å². The van der Waals surface area contributed by atoms with Crippen molar-refractivity contribution < 1.29 is 9.90 Å². The number of rotatable bonds is 2. The maximum Gasteiger partial charge on any atom is 0.315 e. The fraction of sp³-hybridized carbons (Fsp3) is 0.300. The molecule has 3 heteroatoms. The van der Waals surface area contributed by atoms with Crippen LogP contribution in [0.25, 0.3) is 0 Å². The minimum absolute atomic E-state index is 0.0832. The zero-order valence-corrected chi connectivity index (χ0v) is 8.49. The summed E-state index contributed by atoms with van der Waals surface area (Å²) in [6.07, 6.45) is 0.687. The van der Waals surface area contributed by atoms with Crippen LogP contribution in [0.4, 0.5) is 0 Å². The van der Waals surface area contributed by atoms with Gasteiger partial charge in [0.2, 0.25) is 0 Å². The molecule has 2 atom stereocenters. The van der Waals surface area contributed by atoms with Gasteiger partial charge in [0.05, 0.1) is 0 Å². The standard InChI is InChI=1S/C10H9BrO2/c11-8-6-10(8,9(12)13)7-4-2-1-3-5-7/h1-5,8H,6H2,(H,12,13)/t8-,10+/m0/s1. The molecule has 1 saturated carbocycles. The van der Waals surface area contributed by atoms with Gasteiger partial charge in [0, 0.05) is 4.83 Å². The molecule has 1 N–H and O–H groups in total. The van der Waals surface area contributed by atoms with E-state index in [1.807, 2.05) is 30.3 Å². The Morgan fingerprint density at radius 3 is 2.38 bits per heavy atom. The van der Waals surface area contributed by atoms with Crippen LogP contribution >= 0.6 is 15.9 Å². The molecule has 0 heterocycles. The third-order valence-corrected chi connectivity index (χ3v) is 3.65. The monoisotopic (exact) mass is 240 g/mol. The molecule has 0 aromatic heterocycles. The van der Waals surface area contributed by atoms with Crippen molar-refractivity contribution in [3.8, 4) is 0 Å². The Labute approximate surface area is 84.7 Å². The van der Waals surface area contributed by atoms with Crippen molar-refractivity contribution in [2.24, 2.45) is 0 Å². The van der Waals surface area contributed by atoms with Crippen LogP contribution in [-0.4, -0.2) is 15.9 Å². The summed E-state index contributed by atoms with van der Waals surface area (Å²) in [5, 5.41) is 9.10. The maximum atomic E-state index is 11.1. The van der Waals surface area contributed by atoms with Crippen LogP contribution in [0.1, 0.15) is 12.0 Å². The van der Waals surface area contributed by atoms with Crippen molar-refractivity contribution in [1.29, 1.82) is 0 Å². The van der Waals surface area contributed by atoms with Gasteiger partial charge in [-0.2, -0.15) is 0 Å². The van der Waals surface area contributed by atoms with Crippen molar-refractivity contribution in [3.63, 3.8) is 0 Å². The molecule has 1 aliphatic carbocycles. The van der Waals surface area contributed by atoms with Gasteiger partial charge in [0.1, 0.15) is 5.41 Å². The van der Waals surface area contributed by atoms with Gasteiger partial charge < -0.3 is 5.11 Å². The Morgan fingerprint density at radius 1 is 1.46 bits per heavy atom. The van der Waals surface area contributed by atoms with E-state index in [1.165, 1.54) is 0 Å². The van der Waals surface area contributed by atoms with Crippen LogP contribution in [0.2, 0.25) is 0 Å². The second kappa shape index (κ2) is 2.84. The molecule has 0 spiro atoms. The Balaban J connectivity index is 2.40. The summed E-state index contributed by atoms with van der Waals surface area (Å²) in [5.41, 5.74) is 0.228. The fourth-order valence-corrected chi connectivity index (χ4v) is 2.57. The maximum absolute atomic E-state index is 11.1. The third kappa shape index (κ3) is 1.18. The lowest BCUT2D eigenvalue weighted by molar-refractivity contribution is -0.139. The van der Waals surface area contributed by atoms with E-state index in [0.29, 0.717) is 6.42 Å². The van der Waals surface area contributed by atoms with Crippen molar-refractivity contribution >= 4 is 21.9 Å². The number of hydrogen-bond donors (Lipinski definition) is 1. The predicted molar refractivity (Wildman–Crippen MR) is 53.1 cm³/mol. The molecule has 0 unspecified atom stereocenters. The van der Waals surface area contributed by atoms with Crippen molar-refractivity contribution in [3.05, 3.63) is 35.9 Å². The Kier molecular flexibility index (Phi) is 1.91. The molecule has 1 aliphatic rings. The zero-order chi connectivity index (χ0) is 9.47. The molecule has 0 aliphatic heterocycles. The summed E-state index contributed by atoms with van der Waals surface area (Å²) < 4.78 is 0. The van der Waals surface area contributed by atoms with Crippen LogP contribution < -0.4 is 0 Å². The van der Waals surface area contributed by atoms with E-state index in [1.54, 1.807) is 0 Å². The Hall–Kier alpha value is -0.830. The molecule has 0 amide bonds. The predicted octanol–water partition coefficient (Wildman–Crippen LogP) is 2.18. The van der Waals surface area contributed by atoms with Gasteiger partial charge in [-0.1, -0.05) is 46.3 Å². The first-order valence-electron chi connectivity index (χ1n) is 4.11. The highest BCUT2D eigenvalue weighted by atomic mass is 79.9. The first kappa shape index (κ1) is 8.75. The summed E-state index contributed by atoms with van der Waals surface area (Å²) >= 11 is 3.36. The highest BCUT2D eigenvalue weighted by Crippen LogP contribution is 2.53. The van der Waals surface area contributed by atoms with Crippen molar-refractivity contribution in [2.45, 2.75) is 16.7 Å². The SMILES string of the molecule is O=C(O)[C@@]1(c2ccccc2)C[C@@H]1Br. The lowest BCUT2D eigenvalue weighted by atomic mass is 9.96. The van der Waals surface area contributed by atoms with Crippen molar-refractivity contribution in [1.82, 2.24) is 0 Å². The molecular formula is C10H9BrO2. The van der Waals surface area contributed by atoms with Crippen LogP contribution in [-0.2, 0) is 10.2 Å². The normalized spacial score (nSPS) is 31.3. The molecule has 0 saturated heterocycles. The summed E-state index contributed by atoms with van der Waals surface area (Å²) in [4.78, 5) is 11.1. The van der Waals surface area contributed by atoms with Gasteiger partial charge in [-0.25, -0.2) is 0 Å². The number of hydrogen-bond acceptors (Lipinski definition) is 1. The second-order valence-corrected chi connectivity index (χ2v) is 4.42. The van der Waals surface area contributed by atoms with Crippen LogP contribution in [0.5, 0.6) is 0 Å². The van der Waals surface area contributed by atoms with E-state index in [4.69, 9.17) is 5.11 Å². The van der Waals surface area contributed by atoms with Gasteiger partial charge in [-0.05, 0) is 12.0 Å². The van der Waals surface area contributed by atoms with E-state index in [0.717, 1.165) is 5.56 Å². The number of carboxylic acid groups (broad SMARTS) is 1. The van der Waals surface area contributed by atoms with E-state index < -0.39 is 11.4 Å². The third-order valence-electron chi connectivity index (χ3n) is 2.55. The summed E-state index contributed by atoms with van der Waals surface area (Å²) in [6, 6.07) is 9.38. The van der Waals surface area contributed by atoms with Gasteiger partial charge >= 0.3 is 5.97 Å². The molecular weight excluding hydrogens is 232 g/mol. The number of carbonyl (C=O) groups is 1. The minimum atomic E-state index is -0.736. The minimum Gasteiger partial charge on any atom is -0.481 e. The summed E-state index contributed by atoms with van der Waals surface area (Å²) in [7, 11) is 0. The second-order valence-electron chi connectivity index (χ2n) is 3.31. The van der Waals surface area contributed by atoms with Crippen LogP contribution in [0.15, 0.2) is 30.3 Å². The number of carboxylic acids is 1. The van der Waals surface area contributed by atoms with Gasteiger partial charge in [0.25, 0.3) is 0 Å². The summed E-state index contributed by atoms with van der Waals surface area (Å²) in [5.74, 6) is -0.736. The summed E-state index contributed by atoms with van der Waals surface area (Å²) in [6.45, 7) is 0. The number of halogens is 1. The van der Waals surface area contributed by atoms with E-state index >= 15 is 0 Å². The molecule has 1 aromatic rings. The smallest absolute Gasteiger partial charge is 0.315 e. The van der Waals surface area contributed by atoms with Gasteiger partial charge in [0.15, 0.2) is 0 Å². The van der Waals surface area contributed by atoms with Gasteiger partial charge in [-0.15, -0.1) is 0 Å². The highest BCUT2D eigenvalue weighted by molar-refractivity contribution is 9.09. The topological polar surface area (TPSA) is 37.3 Å². The molecule has 2 rings (SSSR count). The number of alkyl halides is 1. The fourth-order valence-electron chi connectivity index (χ4n) is 1.60. The van der Waals surface area contributed by atoms with E-state index in [-0.39, 0.29) is 4.83 Å². The Morgan fingerprint density at radius 2 is 2.00 bits per heavy atom. The molecule has 2 nitrogen and oxygen atoms in total. The molecule has 1 fully saturated rings. The largest absolute Gasteiger partial charge is 0.481 e.